The van der Waals surface area contributed by atoms with Crippen molar-refractivity contribution in [1.29, 1.82) is 0 Å². The zero-order chi connectivity index (χ0) is 17.7. The molecule has 1 aromatic rings. The molecule has 1 aliphatic rings. The highest BCUT2D eigenvalue weighted by molar-refractivity contribution is 5.93. The molecule has 2 N–H and O–H groups in total. The number of likely N-dealkylation sites (tertiary alicyclic amines) is 1. The van der Waals surface area contributed by atoms with E-state index in [0.29, 0.717) is 24.2 Å². The molecule has 2 rings (SSSR count). The van der Waals surface area contributed by atoms with Crippen LogP contribution in [0.15, 0.2) is 23.0 Å². The van der Waals surface area contributed by atoms with Crippen LogP contribution in [-0.2, 0) is 4.79 Å². The van der Waals surface area contributed by atoms with Crippen LogP contribution in [0.3, 0.4) is 0 Å². The molecule has 0 unspecified atom stereocenters. The van der Waals surface area contributed by atoms with Gasteiger partial charge in [0.05, 0.1) is 5.92 Å². The van der Waals surface area contributed by atoms with E-state index in [1.807, 2.05) is 6.92 Å². The first kappa shape index (κ1) is 18.0. The smallest absolute Gasteiger partial charge is 0.283 e. The lowest BCUT2D eigenvalue weighted by molar-refractivity contribution is -0.126. The molecule has 2 amide bonds. The fourth-order valence-electron chi connectivity index (χ4n) is 2.93. The highest BCUT2D eigenvalue weighted by Crippen LogP contribution is 2.23. The summed E-state index contributed by atoms with van der Waals surface area (Å²) in [5.41, 5.74) is -0.735. The second-order valence-electron chi connectivity index (χ2n) is 6.29. The summed E-state index contributed by atoms with van der Waals surface area (Å²) in [7, 11) is 0. The van der Waals surface area contributed by atoms with Crippen molar-refractivity contribution >= 4 is 11.8 Å². The molecule has 0 aromatic carbocycles. The maximum Gasteiger partial charge on any atom is 0.283 e. The van der Waals surface area contributed by atoms with Crippen LogP contribution in [0.5, 0.6) is 0 Å². The van der Waals surface area contributed by atoms with Crippen LogP contribution < -0.4 is 10.9 Å². The van der Waals surface area contributed by atoms with Crippen molar-refractivity contribution in [3.63, 3.8) is 0 Å². The summed E-state index contributed by atoms with van der Waals surface area (Å²) in [5, 5.41) is 12.7. The zero-order valence-electron chi connectivity index (χ0n) is 14.2. The van der Waals surface area contributed by atoms with E-state index in [0.717, 1.165) is 19.3 Å². The molecule has 1 aliphatic heterocycles. The third-order valence-corrected chi connectivity index (χ3v) is 4.49. The molecule has 0 spiro atoms. The predicted molar refractivity (Wildman–Crippen MR) is 89.0 cm³/mol. The quantitative estimate of drug-likeness (QED) is 0.626. The number of carbonyl (C=O) groups excluding carboxylic acids is 2. The van der Waals surface area contributed by atoms with Crippen LogP contribution in [-0.4, -0.2) is 45.8 Å². The number of nitrogens with one attached hydrogen (secondary N) is 1. The van der Waals surface area contributed by atoms with Crippen molar-refractivity contribution in [3.8, 4) is 0 Å². The van der Waals surface area contributed by atoms with Crippen LogP contribution in [0.1, 0.15) is 50.0 Å². The minimum Gasteiger partial charge on any atom is -0.425 e. The third-order valence-electron chi connectivity index (χ3n) is 4.49. The number of aromatic nitrogens is 1. The van der Waals surface area contributed by atoms with Crippen LogP contribution >= 0.6 is 0 Å². The highest BCUT2D eigenvalue weighted by atomic mass is 16.5. The van der Waals surface area contributed by atoms with Crippen molar-refractivity contribution in [2.75, 3.05) is 13.1 Å². The van der Waals surface area contributed by atoms with E-state index in [-0.39, 0.29) is 23.6 Å². The van der Waals surface area contributed by atoms with Gasteiger partial charge in [0.2, 0.25) is 5.91 Å². The average Bonchev–Trinajstić information content (AvgIpc) is 2.57. The number of nitrogens with zero attached hydrogens (tertiary/aromatic N) is 2. The minimum atomic E-state index is -0.653. The first-order valence-electron chi connectivity index (χ1n) is 8.45. The Morgan fingerprint density at radius 3 is 2.79 bits per heavy atom. The fourth-order valence-corrected chi connectivity index (χ4v) is 2.93. The lowest BCUT2D eigenvalue weighted by Crippen LogP contribution is -2.50. The number of rotatable bonds is 5. The second kappa shape index (κ2) is 7.99. The second-order valence-corrected chi connectivity index (χ2v) is 6.29. The van der Waals surface area contributed by atoms with Gasteiger partial charge in [-0.25, -0.2) is 0 Å². The molecule has 0 aliphatic carbocycles. The standard InChI is InChI=1S/C17H25N3O4/c1-3-4-10-18-16(22)13-9-8-12(2)19(11-13)17(23)14-6-5-7-15(21)20(14)24/h5-7,12-13,24H,3-4,8-11H2,1-2H3,(H,18,22)/t12-,13-/m1/s1. The average molecular weight is 335 g/mol. The molecule has 1 fully saturated rings. The Labute approximate surface area is 141 Å². The number of hydrogen-bond acceptors (Lipinski definition) is 4. The Hall–Kier alpha value is -2.31. The van der Waals surface area contributed by atoms with Gasteiger partial charge in [-0.05, 0) is 32.3 Å². The molecule has 1 aromatic heterocycles. The van der Waals surface area contributed by atoms with E-state index in [4.69, 9.17) is 0 Å². The molecule has 0 bridgehead atoms. The van der Waals surface area contributed by atoms with Crippen molar-refractivity contribution in [2.45, 2.75) is 45.6 Å². The van der Waals surface area contributed by atoms with Gasteiger partial charge in [-0.2, -0.15) is 0 Å². The van der Waals surface area contributed by atoms with Gasteiger partial charge in [-0.1, -0.05) is 19.4 Å². The molecule has 7 nitrogen and oxygen atoms in total. The maximum atomic E-state index is 12.7. The van der Waals surface area contributed by atoms with Gasteiger partial charge in [-0.15, -0.1) is 4.73 Å². The van der Waals surface area contributed by atoms with Gasteiger partial charge >= 0.3 is 0 Å². The Bertz CT molecular complexity index is 655. The topological polar surface area (TPSA) is 91.6 Å². The number of piperidine rings is 1. The summed E-state index contributed by atoms with van der Waals surface area (Å²) < 4.78 is 0.361. The van der Waals surface area contributed by atoms with E-state index in [1.165, 1.54) is 18.2 Å². The number of carbonyl (C=O) groups is 2. The Balaban J connectivity index is 2.10. The molecule has 0 radical (unpaired) electrons. The van der Waals surface area contributed by atoms with Gasteiger partial charge in [0.15, 0.2) is 0 Å². The summed E-state index contributed by atoms with van der Waals surface area (Å²) in [4.78, 5) is 38.0. The Morgan fingerprint density at radius 1 is 1.33 bits per heavy atom. The molecule has 132 valence electrons. The fraction of sp³-hybridized carbons (Fsp3) is 0.588. The van der Waals surface area contributed by atoms with Gasteiger partial charge in [0.1, 0.15) is 5.69 Å². The van der Waals surface area contributed by atoms with Crippen LogP contribution in [0.25, 0.3) is 0 Å². The summed E-state index contributed by atoms with van der Waals surface area (Å²) in [6.45, 7) is 4.90. The molecule has 24 heavy (non-hydrogen) atoms. The first-order valence-corrected chi connectivity index (χ1v) is 8.45. The Kier molecular flexibility index (Phi) is 6.00. The van der Waals surface area contributed by atoms with Gasteiger partial charge < -0.3 is 15.4 Å². The molecular formula is C17H25N3O4. The van der Waals surface area contributed by atoms with E-state index in [1.54, 1.807) is 4.90 Å². The molecule has 0 saturated carbocycles. The van der Waals surface area contributed by atoms with Crippen molar-refractivity contribution in [3.05, 3.63) is 34.2 Å². The first-order chi connectivity index (χ1) is 11.5. The monoisotopic (exact) mass is 335 g/mol. The largest absolute Gasteiger partial charge is 0.425 e. The van der Waals surface area contributed by atoms with Crippen LogP contribution in [0, 0.1) is 5.92 Å². The SMILES string of the molecule is CCCCNC(=O)[C@@H]1CC[C@@H](C)N(C(=O)c2cccc(=O)n2O)C1. The Morgan fingerprint density at radius 2 is 2.08 bits per heavy atom. The van der Waals surface area contributed by atoms with Crippen molar-refractivity contribution in [1.82, 2.24) is 14.9 Å². The molecular weight excluding hydrogens is 310 g/mol. The maximum absolute atomic E-state index is 12.7. The van der Waals surface area contributed by atoms with E-state index >= 15 is 0 Å². The van der Waals surface area contributed by atoms with Crippen molar-refractivity contribution < 1.29 is 14.8 Å². The van der Waals surface area contributed by atoms with Gasteiger partial charge in [0, 0.05) is 25.2 Å². The summed E-state index contributed by atoms with van der Waals surface area (Å²) in [5.74, 6) is -0.735. The lowest BCUT2D eigenvalue weighted by atomic mass is 9.92. The van der Waals surface area contributed by atoms with E-state index in [9.17, 15) is 19.6 Å². The predicted octanol–water partition coefficient (Wildman–Crippen LogP) is 1.24. The number of amides is 2. The lowest BCUT2D eigenvalue weighted by Gasteiger charge is -2.37. The molecule has 7 heteroatoms. The summed E-state index contributed by atoms with van der Waals surface area (Å²) in [6.07, 6.45) is 3.37. The summed E-state index contributed by atoms with van der Waals surface area (Å²) >= 11 is 0. The van der Waals surface area contributed by atoms with Crippen LogP contribution in [0.4, 0.5) is 0 Å². The summed E-state index contributed by atoms with van der Waals surface area (Å²) in [6, 6.07) is 3.97. The molecule has 2 atom stereocenters. The van der Waals surface area contributed by atoms with Crippen LogP contribution in [0.2, 0.25) is 0 Å². The highest BCUT2D eigenvalue weighted by Gasteiger charge is 2.34. The number of pyridine rings is 1. The van der Waals surface area contributed by atoms with Gasteiger partial charge in [0.25, 0.3) is 11.5 Å². The zero-order valence-corrected chi connectivity index (χ0v) is 14.2. The number of hydrogen-bond donors (Lipinski definition) is 2. The molecule has 1 saturated heterocycles. The van der Waals surface area contributed by atoms with E-state index < -0.39 is 11.5 Å². The minimum absolute atomic E-state index is 0.0393. The molecule has 2 heterocycles. The number of unbranched alkanes of at least 4 members (excludes halogenated alkanes) is 1. The van der Waals surface area contributed by atoms with E-state index in [2.05, 4.69) is 12.2 Å². The van der Waals surface area contributed by atoms with Crippen molar-refractivity contribution in [2.24, 2.45) is 5.92 Å². The normalized spacial score (nSPS) is 20.7. The third kappa shape index (κ3) is 3.96. The van der Waals surface area contributed by atoms with Gasteiger partial charge in [-0.3, -0.25) is 14.4 Å².